The number of hydrogen-bond acceptors (Lipinski definition) is 6. The summed E-state index contributed by atoms with van der Waals surface area (Å²) < 4.78 is 11.8. The number of likely N-dealkylation sites (N-methyl/N-ethyl adjacent to an activating group) is 1. The van der Waals surface area contributed by atoms with Crippen molar-refractivity contribution in [3.63, 3.8) is 0 Å². The average molecular weight is 445 g/mol. The first kappa shape index (κ1) is 21.3. The number of nitrogens with one attached hydrogen (secondary N) is 1. The summed E-state index contributed by atoms with van der Waals surface area (Å²) in [6.07, 6.45) is 0.636. The lowest BCUT2D eigenvalue weighted by Crippen LogP contribution is -2.53. The van der Waals surface area contributed by atoms with E-state index < -0.39 is 12.1 Å². The molecule has 0 radical (unpaired) electrons. The Bertz CT molecular complexity index is 976. The van der Waals surface area contributed by atoms with Crippen molar-refractivity contribution in [2.75, 3.05) is 19.0 Å². The van der Waals surface area contributed by atoms with Gasteiger partial charge in [0.25, 0.3) is 5.91 Å². The van der Waals surface area contributed by atoms with E-state index in [1.807, 2.05) is 17.5 Å². The van der Waals surface area contributed by atoms with Crippen LogP contribution < -0.4 is 10.1 Å². The molecule has 8 nitrogen and oxygen atoms in total. The highest BCUT2D eigenvalue weighted by molar-refractivity contribution is 7.10. The number of carbonyl (C=O) groups excluding carboxylic acids is 2. The quantitative estimate of drug-likeness (QED) is 0.735. The molecule has 0 saturated carbocycles. The SMILES string of the molecule is CN1C(=O)c2cc(NC(=O)Cc3cccs3)ccc2OC[C@@H]2O[C@H](CC(=O)O)CC[C@H]21. The van der Waals surface area contributed by atoms with Crippen LogP contribution in [0.2, 0.25) is 0 Å². The van der Waals surface area contributed by atoms with Crippen molar-refractivity contribution in [3.05, 3.63) is 46.2 Å². The smallest absolute Gasteiger partial charge is 0.305 e. The zero-order valence-electron chi connectivity index (χ0n) is 17.1. The molecule has 2 amide bonds. The highest BCUT2D eigenvalue weighted by atomic mass is 32.1. The molecule has 4 rings (SSSR count). The van der Waals surface area contributed by atoms with Gasteiger partial charge in [-0.2, -0.15) is 0 Å². The Morgan fingerprint density at radius 2 is 2.13 bits per heavy atom. The predicted octanol–water partition coefficient (Wildman–Crippen LogP) is 2.78. The fourth-order valence-electron chi connectivity index (χ4n) is 4.08. The number of thiophene rings is 1. The molecule has 2 aliphatic heterocycles. The Morgan fingerprint density at radius 3 is 2.87 bits per heavy atom. The van der Waals surface area contributed by atoms with Crippen molar-refractivity contribution in [1.29, 1.82) is 0 Å². The first-order chi connectivity index (χ1) is 14.9. The molecule has 9 heteroatoms. The third-order valence-electron chi connectivity index (χ3n) is 5.61. The number of ether oxygens (including phenoxy) is 2. The van der Waals surface area contributed by atoms with Gasteiger partial charge in [-0.3, -0.25) is 14.4 Å². The second-order valence-electron chi connectivity index (χ2n) is 7.78. The van der Waals surface area contributed by atoms with Gasteiger partial charge in [0.2, 0.25) is 5.91 Å². The Balaban J connectivity index is 1.49. The Kier molecular flexibility index (Phi) is 6.24. The molecule has 1 aromatic carbocycles. The molecular weight excluding hydrogens is 420 g/mol. The predicted molar refractivity (Wildman–Crippen MR) is 115 cm³/mol. The number of carbonyl (C=O) groups is 3. The number of nitrogens with zero attached hydrogens (tertiary/aromatic N) is 1. The molecule has 3 atom stereocenters. The molecule has 0 bridgehead atoms. The number of anilines is 1. The molecule has 2 N–H and O–H groups in total. The summed E-state index contributed by atoms with van der Waals surface area (Å²) in [5.74, 6) is -0.867. The van der Waals surface area contributed by atoms with Crippen LogP contribution in [0, 0.1) is 0 Å². The number of rotatable bonds is 5. The largest absolute Gasteiger partial charge is 0.490 e. The van der Waals surface area contributed by atoms with Crippen LogP contribution in [-0.2, 0) is 20.7 Å². The van der Waals surface area contributed by atoms with E-state index in [0.717, 1.165) is 4.88 Å². The van der Waals surface area contributed by atoms with Crippen molar-refractivity contribution in [3.8, 4) is 5.75 Å². The normalized spacial score (nSPS) is 23.1. The third kappa shape index (κ3) is 4.88. The number of benzene rings is 1. The van der Waals surface area contributed by atoms with E-state index in [1.165, 1.54) is 11.3 Å². The van der Waals surface area contributed by atoms with E-state index in [1.54, 1.807) is 30.1 Å². The van der Waals surface area contributed by atoms with Crippen molar-refractivity contribution in [1.82, 2.24) is 4.90 Å². The average Bonchev–Trinajstić information content (AvgIpc) is 3.23. The molecule has 1 fully saturated rings. The van der Waals surface area contributed by atoms with Gasteiger partial charge in [-0.1, -0.05) is 6.07 Å². The van der Waals surface area contributed by atoms with Crippen molar-refractivity contribution < 1.29 is 29.0 Å². The number of amides is 2. The van der Waals surface area contributed by atoms with E-state index in [-0.39, 0.29) is 43.4 Å². The van der Waals surface area contributed by atoms with Gasteiger partial charge in [-0.15, -0.1) is 11.3 Å². The maximum atomic E-state index is 13.2. The van der Waals surface area contributed by atoms with Crippen LogP contribution >= 0.6 is 11.3 Å². The van der Waals surface area contributed by atoms with Crippen LogP contribution in [-0.4, -0.2) is 59.7 Å². The number of carboxylic acid groups (broad SMARTS) is 1. The Labute approximate surface area is 183 Å². The minimum absolute atomic E-state index is 0.0635. The molecule has 1 saturated heterocycles. The molecule has 2 aliphatic rings. The van der Waals surface area contributed by atoms with Gasteiger partial charge in [0.05, 0.1) is 30.6 Å². The van der Waals surface area contributed by atoms with Gasteiger partial charge in [0, 0.05) is 17.6 Å². The van der Waals surface area contributed by atoms with Crippen LogP contribution in [0.5, 0.6) is 5.75 Å². The van der Waals surface area contributed by atoms with Gasteiger partial charge >= 0.3 is 5.97 Å². The minimum Gasteiger partial charge on any atom is -0.490 e. The van der Waals surface area contributed by atoms with E-state index >= 15 is 0 Å². The maximum Gasteiger partial charge on any atom is 0.305 e. The first-order valence-corrected chi connectivity index (χ1v) is 11.0. The highest BCUT2D eigenvalue weighted by Crippen LogP contribution is 2.32. The maximum absolute atomic E-state index is 13.2. The van der Waals surface area contributed by atoms with E-state index in [9.17, 15) is 14.4 Å². The number of aliphatic carboxylic acids is 1. The third-order valence-corrected chi connectivity index (χ3v) is 6.49. The zero-order chi connectivity index (χ0) is 22.0. The van der Waals surface area contributed by atoms with Crippen molar-refractivity contribution in [2.45, 2.75) is 43.9 Å². The molecular formula is C22H24N2O6S. The molecule has 164 valence electrons. The highest BCUT2D eigenvalue weighted by Gasteiger charge is 2.39. The van der Waals surface area contributed by atoms with Crippen LogP contribution in [0.15, 0.2) is 35.7 Å². The lowest BCUT2D eigenvalue weighted by atomic mass is 9.94. The Morgan fingerprint density at radius 1 is 1.29 bits per heavy atom. The summed E-state index contributed by atoms with van der Waals surface area (Å²) in [5.41, 5.74) is 0.909. The molecule has 31 heavy (non-hydrogen) atoms. The van der Waals surface area contributed by atoms with Crippen molar-refractivity contribution >= 4 is 34.8 Å². The van der Waals surface area contributed by atoms with Gasteiger partial charge in [-0.25, -0.2) is 0 Å². The van der Waals surface area contributed by atoms with E-state index in [0.29, 0.717) is 29.8 Å². The standard InChI is InChI=1S/C22H24N2O6S/c1-24-17-6-5-14(10-21(26)27)30-19(17)12-29-18-7-4-13(9-16(18)22(24)28)23-20(25)11-15-3-2-8-31-15/h2-4,7-9,14,17,19H,5-6,10-12H2,1H3,(H,23,25)(H,26,27)/t14-,17+,19-/m0/s1. The van der Waals surface area contributed by atoms with Crippen LogP contribution in [0.1, 0.15) is 34.5 Å². The number of fused-ring (bicyclic) bond motifs is 2. The fraction of sp³-hybridized carbons (Fsp3) is 0.409. The summed E-state index contributed by atoms with van der Waals surface area (Å²) in [6.45, 7) is 0.218. The second kappa shape index (κ2) is 9.07. The van der Waals surface area contributed by atoms with Crippen LogP contribution in [0.25, 0.3) is 0 Å². The van der Waals surface area contributed by atoms with Crippen LogP contribution in [0.4, 0.5) is 5.69 Å². The lowest BCUT2D eigenvalue weighted by molar-refractivity contribution is -0.148. The van der Waals surface area contributed by atoms with E-state index in [4.69, 9.17) is 14.6 Å². The molecule has 0 aliphatic carbocycles. The van der Waals surface area contributed by atoms with Gasteiger partial charge < -0.3 is 24.8 Å². The molecule has 2 aromatic rings. The lowest BCUT2D eigenvalue weighted by Gasteiger charge is -2.42. The summed E-state index contributed by atoms with van der Waals surface area (Å²) in [4.78, 5) is 39.1. The van der Waals surface area contributed by atoms with Gasteiger partial charge in [0.1, 0.15) is 18.5 Å². The monoisotopic (exact) mass is 444 g/mol. The summed E-state index contributed by atoms with van der Waals surface area (Å²) in [7, 11) is 1.72. The summed E-state index contributed by atoms with van der Waals surface area (Å²) in [5, 5.41) is 13.8. The van der Waals surface area contributed by atoms with E-state index in [2.05, 4.69) is 5.32 Å². The topological polar surface area (TPSA) is 105 Å². The number of carboxylic acids is 1. The molecule has 0 spiro atoms. The first-order valence-electron chi connectivity index (χ1n) is 10.1. The Hall–Kier alpha value is -2.91. The fourth-order valence-corrected chi connectivity index (χ4v) is 4.78. The van der Waals surface area contributed by atoms with Crippen LogP contribution in [0.3, 0.4) is 0 Å². The van der Waals surface area contributed by atoms with Gasteiger partial charge in [0.15, 0.2) is 0 Å². The number of hydrogen-bond donors (Lipinski definition) is 2. The molecule has 3 heterocycles. The summed E-state index contributed by atoms with van der Waals surface area (Å²) in [6, 6.07) is 8.60. The molecule has 1 aromatic heterocycles. The molecule has 0 unspecified atom stereocenters. The summed E-state index contributed by atoms with van der Waals surface area (Å²) >= 11 is 1.52. The van der Waals surface area contributed by atoms with Gasteiger partial charge in [-0.05, 0) is 42.5 Å². The zero-order valence-corrected chi connectivity index (χ0v) is 17.9. The minimum atomic E-state index is -0.904. The second-order valence-corrected chi connectivity index (χ2v) is 8.81. The van der Waals surface area contributed by atoms with Crippen molar-refractivity contribution in [2.24, 2.45) is 0 Å².